The van der Waals surface area contributed by atoms with Crippen molar-refractivity contribution in [2.75, 3.05) is 23.4 Å². The first-order chi connectivity index (χ1) is 22.8. The summed E-state index contributed by atoms with van der Waals surface area (Å²) in [7, 11) is 0. The van der Waals surface area contributed by atoms with Gasteiger partial charge in [0.1, 0.15) is 11.0 Å². The average molecular weight is 763 g/mol. The highest BCUT2D eigenvalue weighted by Gasteiger charge is 2.57. The fourth-order valence-corrected chi connectivity index (χ4v) is 8.45. The Morgan fingerprint density at radius 1 is 1.02 bits per heavy atom. The molecule has 6 rings (SSSR count). The Labute approximate surface area is 286 Å². The van der Waals surface area contributed by atoms with Gasteiger partial charge in [0.25, 0.3) is 5.91 Å². The summed E-state index contributed by atoms with van der Waals surface area (Å²) in [6.45, 7) is 1.44. The van der Waals surface area contributed by atoms with Gasteiger partial charge in [-0.25, -0.2) is 9.69 Å². The van der Waals surface area contributed by atoms with Gasteiger partial charge in [0.05, 0.1) is 34.4 Å². The summed E-state index contributed by atoms with van der Waals surface area (Å²) >= 11 is 5.25. The van der Waals surface area contributed by atoms with E-state index in [0.29, 0.717) is 31.2 Å². The topological polar surface area (TPSA) is 135 Å². The van der Waals surface area contributed by atoms with E-state index in [1.165, 1.54) is 30.3 Å². The molecule has 0 saturated carbocycles. The number of amides is 3. The van der Waals surface area contributed by atoms with Crippen LogP contribution < -0.4 is 19.8 Å². The van der Waals surface area contributed by atoms with Crippen LogP contribution in [-0.2, 0) is 25.3 Å². The lowest BCUT2D eigenvalue weighted by Gasteiger charge is -2.31. The number of carbonyl (C=O) groups excluding carboxylic acids is 4. The standard InChI is InChI=1S/C32H23BrF3N3O7S2/c1-2-45-30(43)15-6-9-18(10-7-15)37-22(40)14-46-21-11-8-17(33)13-20(21)23-24-26(47-27-25(23)48-31(44)38-27)29(42)39(28(24)41)19-5-3-4-16(12-19)32(34,35)36/h3-13,23-24,26H,2,14H2,1H3,(H,37,40)(H,38,44)/t23-,24?,26?/m1/s1. The number of ether oxygens (including phenoxy) is 2. The number of aromatic nitrogens is 1. The number of thioether (sulfide) groups is 1. The summed E-state index contributed by atoms with van der Waals surface area (Å²) in [6.07, 6.45) is -4.70. The van der Waals surface area contributed by atoms with Crippen molar-refractivity contribution < 1.29 is 41.8 Å². The second kappa shape index (κ2) is 13.2. The molecule has 10 nitrogen and oxygen atoms in total. The monoisotopic (exact) mass is 761 g/mol. The van der Waals surface area contributed by atoms with Crippen LogP contribution in [0.1, 0.15) is 39.2 Å². The Morgan fingerprint density at radius 2 is 1.77 bits per heavy atom. The van der Waals surface area contributed by atoms with Crippen LogP contribution in [0.25, 0.3) is 0 Å². The third kappa shape index (κ3) is 6.51. The van der Waals surface area contributed by atoms with Crippen LogP contribution in [-0.4, -0.2) is 47.1 Å². The van der Waals surface area contributed by atoms with Crippen LogP contribution >= 0.6 is 39.0 Å². The number of imide groups is 1. The number of hydrogen-bond donors (Lipinski definition) is 2. The van der Waals surface area contributed by atoms with Gasteiger partial charge in [0.2, 0.25) is 11.8 Å². The molecule has 16 heteroatoms. The largest absolute Gasteiger partial charge is 0.483 e. The van der Waals surface area contributed by atoms with Crippen LogP contribution in [0.3, 0.4) is 0 Å². The first-order valence-electron chi connectivity index (χ1n) is 14.3. The molecule has 48 heavy (non-hydrogen) atoms. The number of carbonyl (C=O) groups is 4. The number of hydrogen-bond acceptors (Lipinski definition) is 9. The number of aromatic amines is 1. The van der Waals surface area contributed by atoms with E-state index in [4.69, 9.17) is 9.47 Å². The minimum atomic E-state index is -4.70. The first kappa shape index (κ1) is 33.5. The zero-order valence-electron chi connectivity index (χ0n) is 24.6. The van der Waals surface area contributed by atoms with Crippen LogP contribution in [0.2, 0.25) is 0 Å². The molecule has 3 heterocycles. The number of esters is 1. The highest BCUT2D eigenvalue weighted by molar-refractivity contribution is 9.10. The predicted octanol–water partition coefficient (Wildman–Crippen LogP) is 6.21. The van der Waals surface area contributed by atoms with Gasteiger partial charge in [-0.3, -0.25) is 19.2 Å². The molecule has 0 aliphatic carbocycles. The van der Waals surface area contributed by atoms with E-state index >= 15 is 0 Å². The zero-order chi connectivity index (χ0) is 34.3. The second-order valence-electron chi connectivity index (χ2n) is 10.6. The highest BCUT2D eigenvalue weighted by atomic mass is 79.9. The number of nitrogens with one attached hydrogen (secondary N) is 2. The molecular weight excluding hydrogens is 739 g/mol. The molecular formula is C32H23BrF3N3O7S2. The molecule has 2 aliphatic rings. The molecule has 2 unspecified atom stereocenters. The van der Waals surface area contributed by atoms with E-state index in [1.807, 2.05) is 0 Å². The molecule has 1 aromatic heterocycles. The molecule has 2 N–H and O–H groups in total. The summed E-state index contributed by atoms with van der Waals surface area (Å²) in [6, 6.07) is 14.9. The van der Waals surface area contributed by atoms with Crippen molar-refractivity contribution in [3.05, 3.63) is 102 Å². The molecule has 3 aromatic carbocycles. The molecule has 3 amide bonds. The van der Waals surface area contributed by atoms with Gasteiger partial charge in [-0.05, 0) is 67.6 Å². The van der Waals surface area contributed by atoms with Crippen LogP contribution in [0.4, 0.5) is 24.5 Å². The smallest absolute Gasteiger partial charge is 0.416 e. The van der Waals surface area contributed by atoms with Crippen molar-refractivity contribution in [3.8, 4) is 5.75 Å². The summed E-state index contributed by atoms with van der Waals surface area (Å²) in [4.78, 5) is 68.6. The molecule has 0 spiro atoms. The SMILES string of the molecule is CCOC(=O)c1ccc(NC(=O)COc2ccc(Br)cc2[C@H]2c3sc(=O)[nH]c3SC3C(=O)N(c4cccc(C(F)(F)F)c4)C(=O)C32)cc1. The molecule has 0 bridgehead atoms. The lowest BCUT2D eigenvalue weighted by atomic mass is 9.82. The Hall–Kier alpha value is -4.41. The number of halogens is 4. The second-order valence-corrected chi connectivity index (χ2v) is 13.7. The van der Waals surface area contributed by atoms with Crippen molar-refractivity contribution >= 4 is 74.1 Å². The number of rotatable bonds is 8. The van der Waals surface area contributed by atoms with Crippen molar-refractivity contribution in [1.82, 2.24) is 4.98 Å². The van der Waals surface area contributed by atoms with Gasteiger partial charge in [0, 0.05) is 26.5 Å². The molecule has 2 aliphatic heterocycles. The van der Waals surface area contributed by atoms with Crippen molar-refractivity contribution in [3.63, 3.8) is 0 Å². The minimum Gasteiger partial charge on any atom is -0.483 e. The van der Waals surface area contributed by atoms with Gasteiger partial charge < -0.3 is 19.8 Å². The van der Waals surface area contributed by atoms with E-state index in [2.05, 4.69) is 26.2 Å². The Balaban J connectivity index is 1.30. The summed E-state index contributed by atoms with van der Waals surface area (Å²) in [5, 5.41) is 1.96. The van der Waals surface area contributed by atoms with E-state index in [-0.39, 0.29) is 18.0 Å². The Bertz CT molecular complexity index is 2000. The summed E-state index contributed by atoms with van der Waals surface area (Å²) < 4.78 is 52.0. The molecule has 1 fully saturated rings. The number of alkyl halides is 3. The molecule has 248 valence electrons. The third-order valence-corrected chi connectivity index (χ3v) is 10.5. The average Bonchev–Trinajstić information content (AvgIpc) is 3.54. The van der Waals surface area contributed by atoms with Crippen LogP contribution in [0.5, 0.6) is 5.75 Å². The van der Waals surface area contributed by atoms with Crippen LogP contribution in [0.15, 0.2) is 81.0 Å². The maximum atomic E-state index is 14.1. The van der Waals surface area contributed by atoms with E-state index in [0.717, 1.165) is 46.2 Å². The van der Waals surface area contributed by atoms with E-state index < -0.39 is 64.0 Å². The normalized spacial score (nSPS) is 18.7. The van der Waals surface area contributed by atoms with Crippen molar-refractivity contribution in [2.24, 2.45) is 5.92 Å². The first-order valence-corrected chi connectivity index (χ1v) is 16.8. The van der Waals surface area contributed by atoms with Crippen LogP contribution in [0, 0.1) is 5.92 Å². The minimum absolute atomic E-state index is 0.186. The van der Waals surface area contributed by atoms with Gasteiger partial charge in [0.15, 0.2) is 6.61 Å². The lowest BCUT2D eigenvalue weighted by Crippen LogP contribution is -2.32. The van der Waals surface area contributed by atoms with Crippen molar-refractivity contribution in [1.29, 1.82) is 0 Å². The molecule has 3 atom stereocenters. The maximum Gasteiger partial charge on any atom is 0.416 e. The Morgan fingerprint density at radius 3 is 2.48 bits per heavy atom. The Kier molecular flexibility index (Phi) is 9.24. The fourth-order valence-electron chi connectivity index (χ4n) is 5.57. The molecule has 1 saturated heterocycles. The van der Waals surface area contributed by atoms with Crippen molar-refractivity contribution in [2.45, 2.75) is 29.3 Å². The van der Waals surface area contributed by atoms with E-state index in [9.17, 15) is 37.1 Å². The summed E-state index contributed by atoms with van der Waals surface area (Å²) in [5.74, 6) is -4.34. The third-order valence-electron chi connectivity index (χ3n) is 7.60. The highest BCUT2D eigenvalue weighted by Crippen LogP contribution is 2.55. The lowest BCUT2D eigenvalue weighted by molar-refractivity contribution is -0.137. The number of nitrogens with zero attached hydrogens (tertiary/aromatic N) is 1. The molecule has 0 radical (unpaired) electrons. The number of fused-ring (bicyclic) bond motifs is 2. The number of H-pyrrole nitrogens is 1. The van der Waals surface area contributed by atoms with Gasteiger partial charge in [-0.15, -0.1) is 0 Å². The number of anilines is 2. The van der Waals surface area contributed by atoms with Gasteiger partial charge in [-0.2, -0.15) is 13.2 Å². The zero-order valence-corrected chi connectivity index (χ0v) is 27.8. The van der Waals surface area contributed by atoms with Gasteiger partial charge >= 0.3 is 17.0 Å². The summed E-state index contributed by atoms with van der Waals surface area (Å²) in [5.41, 5.74) is -0.143. The number of thiazole rings is 1. The van der Waals surface area contributed by atoms with E-state index in [1.54, 1.807) is 25.1 Å². The maximum absolute atomic E-state index is 14.1. The quantitative estimate of drug-likeness (QED) is 0.160. The predicted molar refractivity (Wildman–Crippen MR) is 175 cm³/mol. The van der Waals surface area contributed by atoms with Gasteiger partial charge in [-0.1, -0.05) is 45.1 Å². The fraction of sp³-hybridized carbons (Fsp3) is 0.219. The number of benzene rings is 3. The molecule has 4 aromatic rings.